The second-order valence-electron chi connectivity index (χ2n) is 9.09. The lowest BCUT2D eigenvalue weighted by Crippen LogP contribution is -2.40. The number of hydrogen-bond acceptors (Lipinski definition) is 4. The number of likely N-dealkylation sites (tertiary alicyclic amines) is 1. The second-order valence-corrected chi connectivity index (χ2v) is 10.6. The zero-order valence-electron chi connectivity index (χ0n) is 19.4. The molecule has 3 aromatic rings. The predicted molar refractivity (Wildman–Crippen MR) is 144 cm³/mol. The van der Waals surface area contributed by atoms with E-state index in [1.54, 1.807) is 0 Å². The highest BCUT2D eigenvalue weighted by Crippen LogP contribution is 2.49. The molecule has 0 aliphatic carbocycles. The normalized spacial score (nSPS) is 16.2. The van der Waals surface area contributed by atoms with E-state index >= 15 is 0 Å². The van der Waals surface area contributed by atoms with Crippen LogP contribution in [0.5, 0.6) is 0 Å². The number of nitrogens with zero attached hydrogens (tertiary/aromatic N) is 2. The van der Waals surface area contributed by atoms with E-state index in [2.05, 4.69) is 95.7 Å². The van der Waals surface area contributed by atoms with E-state index in [0.29, 0.717) is 6.04 Å². The summed E-state index contributed by atoms with van der Waals surface area (Å²) in [5.74, 6) is 0. The number of para-hydroxylation sites is 1. The lowest BCUT2D eigenvalue weighted by Gasteiger charge is -2.39. The topological polar surface area (TPSA) is 18.5 Å². The second kappa shape index (κ2) is 9.88. The molecule has 2 aliphatic rings. The predicted octanol–water partition coefficient (Wildman–Crippen LogP) is 6.55. The van der Waals surface area contributed by atoms with Crippen molar-refractivity contribution in [2.45, 2.75) is 49.1 Å². The van der Waals surface area contributed by atoms with Crippen molar-refractivity contribution < 1.29 is 0 Å². The third-order valence-corrected chi connectivity index (χ3v) is 8.20. The van der Waals surface area contributed by atoms with Crippen molar-refractivity contribution >= 4 is 40.3 Å². The SMILES string of the molecule is Cc1ccccc1CNC(=S)c1ccc2c(c1)N([C@H](C)CN1CCCC1)c1ccccc1S2. The van der Waals surface area contributed by atoms with Crippen LogP contribution in [0.2, 0.25) is 0 Å². The molecule has 1 fully saturated rings. The maximum atomic E-state index is 5.82. The lowest BCUT2D eigenvalue weighted by atomic mass is 10.1. The number of thiocarbonyl (C=S) groups is 1. The van der Waals surface area contributed by atoms with Gasteiger partial charge in [-0.25, -0.2) is 0 Å². The van der Waals surface area contributed by atoms with Crippen LogP contribution >= 0.6 is 24.0 Å². The minimum absolute atomic E-state index is 0.382. The maximum absolute atomic E-state index is 5.82. The van der Waals surface area contributed by atoms with Crippen LogP contribution < -0.4 is 10.2 Å². The zero-order valence-corrected chi connectivity index (χ0v) is 21.0. The van der Waals surface area contributed by atoms with Crippen LogP contribution in [0.15, 0.2) is 76.5 Å². The van der Waals surface area contributed by atoms with Gasteiger partial charge in [-0.15, -0.1) is 0 Å². The van der Waals surface area contributed by atoms with E-state index in [1.165, 1.54) is 58.2 Å². The van der Waals surface area contributed by atoms with E-state index in [-0.39, 0.29) is 0 Å². The van der Waals surface area contributed by atoms with Crippen LogP contribution in [0.3, 0.4) is 0 Å². The summed E-state index contributed by atoms with van der Waals surface area (Å²) >= 11 is 7.68. The number of nitrogens with one attached hydrogen (secondary N) is 1. The maximum Gasteiger partial charge on any atom is 0.106 e. The highest BCUT2D eigenvalue weighted by atomic mass is 32.2. The minimum atomic E-state index is 0.382. The van der Waals surface area contributed by atoms with Crippen LogP contribution in [0, 0.1) is 6.92 Å². The number of hydrogen-bond donors (Lipinski definition) is 1. The summed E-state index contributed by atoms with van der Waals surface area (Å²) in [5.41, 5.74) is 6.22. The van der Waals surface area contributed by atoms with Gasteiger partial charge >= 0.3 is 0 Å². The van der Waals surface area contributed by atoms with Crippen molar-refractivity contribution in [1.82, 2.24) is 10.2 Å². The summed E-state index contributed by atoms with van der Waals surface area (Å²) in [6.07, 6.45) is 2.64. The standard InChI is InChI=1S/C28H31N3S2/c1-20-9-3-4-10-23(20)18-29-28(32)22-13-14-27-25(17-22)31(21(2)19-30-15-7-8-16-30)24-11-5-6-12-26(24)33-27/h3-6,9-14,17,21H,7-8,15-16,18-19H2,1-2H3,(H,29,32)/t21-/m1/s1. The van der Waals surface area contributed by atoms with Gasteiger partial charge in [0.15, 0.2) is 0 Å². The Bertz CT molecular complexity index is 1150. The number of rotatable bonds is 6. The Morgan fingerprint density at radius 1 is 0.970 bits per heavy atom. The molecule has 0 aromatic heterocycles. The molecule has 3 aromatic carbocycles. The van der Waals surface area contributed by atoms with Crippen LogP contribution in [0.25, 0.3) is 0 Å². The van der Waals surface area contributed by atoms with Gasteiger partial charge in [-0.05, 0) is 75.2 Å². The summed E-state index contributed by atoms with van der Waals surface area (Å²) in [4.78, 5) is 8.57. The number of aryl methyl sites for hydroxylation is 1. The third kappa shape index (κ3) is 4.81. The molecule has 5 rings (SSSR count). The molecule has 0 saturated carbocycles. The van der Waals surface area contributed by atoms with Gasteiger partial charge in [-0.1, -0.05) is 66.4 Å². The molecule has 0 unspecified atom stereocenters. The van der Waals surface area contributed by atoms with E-state index in [9.17, 15) is 0 Å². The first kappa shape index (κ1) is 22.5. The Morgan fingerprint density at radius 3 is 2.52 bits per heavy atom. The summed E-state index contributed by atoms with van der Waals surface area (Å²) in [6.45, 7) is 8.76. The Labute approximate surface area is 207 Å². The average molecular weight is 474 g/mol. The van der Waals surface area contributed by atoms with Gasteiger partial charge in [-0.3, -0.25) is 0 Å². The van der Waals surface area contributed by atoms with Gasteiger partial charge in [0.2, 0.25) is 0 Å². The first-order valence-electron chi connectivity index (χ1n) is 11.9. The molecular weight excluding hydrogens is 442 g/mol. The average Bonchev–Trinajstić information content (AvgIpc) is 3.34. The van der Waals surface area contributed by atoms with Crippen molar-refractivity contribution in [2.24, 2.45) is 0 Å². The monoisotopic (exact) mass is 473 g/mol. The molecule has 5 heteroatoms. The molecular formula is C28H31N3S2. The summed E-state index contributed by atoms with van der Waals surface area (Å²) in [7, 11) is 0. The molecule has 170 valence electrons. The first-order valence-corrected chi connectivity index (χ1v) is 13.1. The molecule has 33 heavy (non-hydrogen) atoms. The van der Waals surface area contributed by atoms with Crippen molar-refractivity contribution in [1.29, 1.82) is 0 Å². The molecule has 0 bridgehead atoms. The van der Waals surface area contributed by atoms with Gasteiger partial charge in [0.1, 0.15) is 4.99 Å². The smallest absolute Gasteiger partial charge is 0.106 e. The van der Waals surface area contributed by atoms with Crippen molar-refractivity contribution in [3.8, 4) is 0 Å². The summed E-state index contributed by atoms with van der Waals surface area (Å²) in [5, 5.41) is 3.48. The van der Waals surface area contributed by atoms with Gasteiger partial charge in [-0.2, -0.15) is 0 Å². The highest BCUT2D eigenvalue weighted by Gasteiger charge is 2.29. The van der Waals surface area contributed by atoms with E-state index in [0.717, 1.165) is 23.6 Å². The zero-order chi connectivity index (χ0) is 22.8. The Hall–Kier alpha value is -2.34. The molecule has 1 atom stereocenters. The minimum Gasteiger partial charge on any atom is -0.372 e. The highest BCUT2D eigenvalue weighted by molar-refractivity contribution is 7.99. The summed E-state index contributed by atoms with van der Waals surface area (Å²) < 4.78 is 0. The fourth-order valence-electron chi connectivity index (χ4n) is 4.91. The van der Waals surface area contributed by atoms with Crippen LogP contribution in [-0.4, -0.2) is 35.6 Å². The quantitative estimate of drug-likeness (QED) is 0.408. The molecule has 0 radical (unpaired) electrons. The van der Waals surface area contributed by atoms with Crippen molar-refractivity contribution in [2.75, 3.05) is 24.5 Å². The fraction of sp³-hybridized carbons (Fsp3) is 0.321. The van der Waals surface area contributed by atoms with Gasteiger partial charge in [0.05, 0.1) is 11.4 Å². The Kier molecular flexibility index (Phi) is 6.72. The molecule has 0 amide bonds. The third-order valence-electron chi connectivity index (χ3n) is 6.69. The number of fused-ring (bicyclic) bond motifs is 2. The van der Waals surface area contributed by atoms with Crippen LogP contribution in [-0.2, 0) is 6.54 Å². The van der Waals surface area contributed by atoms with E-state index in [4.69, 9.17) is 12.2 Å². The van der Waals surface area contributed by atoms with Gasteiger partial charge in [0.25, 0.3) is 0 Å². The van der Waals surface area contributed by atoms with E-state index in [1.807, 2.05) is 11.8 Å². The molecule has 2 heterocycles. The van der Waals surface area contributed by atoms with Crippen molar-refractivity contribution in [3.63, 3.8) is 0 Å². The first-order chi connectivity index (χ1) is 16.1. The molecule has 3 nitrogen and oxygen atoms in total. The fourth-order valence-corrected chi connectivity index (χ4v) is 6.16. The van der Waals surface area contributed by atoms with Crippen LogP contribution in [0.4, 0.5) is 11.4 Å². The summed E-state index contributed by atoms with van der Waals surface area (Å²) in [6, 6.07) is 24.3. The van der Waals surface area contributed by atoms with Gasteiger partial charge < -0.3 is 15.1 Å². The largest absolute Gasteiger partial charge is 0.372 e. The molecule has 0 spiro atoms. The van der Waals surface area contributed by atoms with Crippen LogP contribution in [0.1, 0.15) is 36.5 Å². The van der Waals surface area contributed by atoms with E-state index < -0.39 is 0 Å². The molecule has 2 aliphatic heterocycles. The Balaban J connectivity index is 1.42. The molecule has 1 N–H and O–H groups in total. The Morgan fingerprint density at radius 2 is 1.70 bits per heavy atom. The van der Waals surface area contributed by atoms with Crippen molar-refractivity contribution in [3.05, 3.63) is 83.4 Å². The number of benzene rings is 3. The van der Waals surface area contributed by atoms with Gasteiger partial charge in [0, 0.05) is 34.5 Å². The number of anilines is 2. The molecule has 1 saturated heterocycles. The lowest BCUT2D eigenvalue weighted by molar-refractivity contribution is 0.319.